The van der Waals surface area contributed by atoms with Crippen LogP contribution >= 0.6 is 0 Å². The molecule has 0 aromatic heterocycles. The van der Waals surface area contributed by atoms with Gasteiger partial charge in [-0.1, -0.05) is 27.7 Å². The number of carbonyl (C=O) groups excluding carboxylic acids is 6. The molecule has 492 valence electrons. The molecule has 16 fully saturated rings. The van der Waals surface area contributed by atoms with E-state index >= 15 is 0 Å². The highest BCUT2D eigenvalue weighted by Crippen LogP contribution is 2.72. The van der Waals surface area contributed by atoms with E-state index < -0.39 is 10.8 Å². The Kier molecular flexibility index (Phi) is 18.2. The van der Waals surface area contributed by atoms with Crippen molar-refractivity contribution in [2.75, 3.05) is 33.6 Å². The summed E-state index contributed by atoms with van der Waals surface area (Å²) in [7, 11) is 0. The van der Waals surface area contributed by atoms with E-state index in [1.807, 2.05) is 62.3 Å². The van der Waals surface area contributed by atoms with E-state index in [2.05, 4.69) is 6.92 Å². The topological polar surface area (TPSA) is 185 Å². The Labute approximate surface area is 525 Å². The van der Waals surface area contributed by atoms with Crippen molar-refractivity contribution in [1.29, 1.82) is 0 Å². The van der Waals surface area contributed by atoms with Crippen LogP contribution in [0.2, 0.25) is 0 Å². The van der Waals surface area contributed by atoms with Crippen molar-refractivity contribution in [3.63, 3.8) is 0 Å². The molecule has 16 saturated carbocycles. The van der Waals surface area contributed by atoms with Crippen molar-refractivity contribution in [1.82, 2.24) is 0 Å². The zero-order valence-electron chi connectivity index (χ0n) is 55.1. The molecule has 0 aromatic carbocycles. The summed E-state index contributed by atoms with van der Waals surface area (Å²) in [5.74, 6) is 13.4. The van der Waals surface area contributed by atoms with Crippen LogP contribution < -0.4 is 0 Å². The van der Waals surface area contributed by atoms with E-state index in [-0.39, 0.29) is 98.2 Å². The summed E-state index contributed by atoms with van der Waals surface area (Å²) in [6, 6.07) is 0. The van der Waals surface area contributed by atoms with Crippen LogP contribution in [0.5, 0.6) is 0 Å². The molecule has 16 bridgehead atoms. The summed E-state index contributed by atoms with van der Waals surface area (Å²) in [6.45, 7) is 21.1. The minimum Gasteiger partial charge on any atom is -0.462 e. The van der Waals surface area contributed by atoms with Gasteiger partial charge in [-0.05, 0) is 300 Å². The lowest BCUT2D eigenvalue weighted by Gasteiger charge is -2.53. The highest BCUT2D eigenvalue weighted by atomic mass is 16.7. The van der Waals surface area contributed by atoms with Crippen molar-refractivity contribution in [2.45, 2.75) is 222 Å². The predicted molar refractivity (Wildman–Crippen MR) is 324 cm³/mol. The number of ether oxygens (including phenoxy) is 9. The average Bonchev–Trinajstić information content (AvgIpc) is 1.58. The van der Waals surface area contributed by atoms with Crippen LogP contribution in [0.4, 0.5) is 0 Å². The zero-order valence-corrected chi connectivity index (χ0v) is 55.1. The lowest BCUT2D eigenvalue weighted by Crippen LogP contribution is -2.49. The highest BCUT2D eigenvalue weighted by Gasteiger charge is 2.70. The van der Waals surface area contributed by atoms with Gasteiger partial charge in [-0.25, -0.2) is 0 Å². The second kappa shape index (κ2) is 25.2. The third-order valence-electron chi connectivity index (χ3n) is 28.4. The average molecular weight is 1230 g/mol. The SMILES string of the molecule is CCC(C)(C)C(=O)OC1CC2CC1C1C3CC(CC3C(=O)OCOC3C4CC5CC(C4)CC3C5)C21.CCOCOC(=O)C1CC2CC1C1C3CC(CC3OC(=O)C(C)(C)CC)C21.CCOCOC(=O)C1CC2CC1C1C3CC(CC3OC(=O)C(C)CC)C21. The van der Waals surface area contributed by atoms with Gasteiger partial charge >= 0.3 is 35.8 Å². The van der Waals surface area contributed by atoms with Crippen molar-refractivity contribution in [2.24, 2.45) is 165 Å². The van der Waals surface area contributed by atoms with Gasteiger partial charge in [0, 0.05) is 13.2 Å². The first-order valence-electron chi connectivity index (χ1n) is 36.1. The second-order valence-electron chi connectivity index (χ2n) is 33.1. The molecular weight excluding hydrogens is 1120 g/mol. The minimum absolute atomic E-state index is 0.0134. The molecule has 0 heterocycles. The minimum atomic E-state index is -0.417. The van der Waals surface area contributed by atoms with Crippen molar-refractivity contribution < 1.29 is 71.4 Å². The summed E-state index contributed by atoms with van der Waals surface area (Å²) in [4.78, 5) is 75.9. The number of hydrogen-bond acceptors (Lipinski definition) is 15. The summed E-state index contributed by atoms with van der Waals surface area (Å²) in [5, 5.41) is 0. The largest absolute Gasteiger partial charge is 0.462 e. The standard InChI is InChI=1S/C30H44O5.C22H34O5.C21H32O5/c1-4-30(2,3)29(32)35-24-13-18-12-23(24)26-21-10-17(25(18)26)11-22(21)28(31)34-14-33-27-19-6-15-5-16(8-19)9-20(27)7-15;1-5-22(3,4)21(24)27-17-10-13-9-16(17)19-14-7-12(18(13)19)8-15(14)20(23)26-11-25-6-2;1-4-11(3)20(22)26-17-9-13-8-16(17)19-14-6-12(18(13)19)7-15(14)21(23)25-10-24-5-2/h15-27H,4-14H2,1-3H3;12-19H,5-11H2,1-4H3;11-19H,4-10H2,1-3H3. The van der Waals surface area contributed by atoms with Crippen LogP contribution in [0.3, 0.4) is 0 Å². The Bertz CT molecular complexity index is 2550. The van der Waals surface area contributed by atoms with E-state index in [0.717, 1.165) is 100 Å². The van der Waals surface area contributed by atoms with Gasteiger partial charge in [0.05, 0.1) is 40.6 Å². The predicted octanol–water partition coefficient (Wildman–Crippen LogP) is 12.8. The molecule has 0 N–H and O–H groups in total. The molecule has 0 aromatic rings. The first-order valence-corrected chi connectivity index (χ1v) is 36.1. The summed E-state index contributed by atoms with van der Waals surface area (Å²) in [5.41, 5.74) is -0.832. The number of carbonyl (C=O) groups is 6. The Hall–Kier alpha value is -3.30. The Morgan fingerprint density at radius 1 is 0.386 bits per heavy atom. The highest BCUT2D eigenvalue weighted by molar-refractivity contribution is 5.77. The molecule has 15 nitrogen and oxygen atoms in total. The summed E-state index contributed by atoms with van der Waals surface area (Å²) in [6.07, 6.45) is 22.7. The molecule has 0 spiro atoms. The maximum absolute atomic E-state index is 13.2. The van der Waals surface area contributed by atoms with Gasteiger partial charge in [0.2, 0.25) is 0 Å². The normalized spacial score (nSPS) is 45.7. The van der Waals surface area contributed by atoms with Gasteiger partial charge in [0.25, 0.3) is 0 Å². The molecular formula is C73H110O15. The Morgan fingerprint density at radius 3 is 1.08 bits per heavy atom. The zero-order chi connectivity index (χ0) is 61.8. The summed E-state index contributed by atoms with van der Waals surface area (Å²) >= 11 is 0. The van der Waals surface area contributed by atoms with Crippen molar-refractivity contribution in [3.05, 3.63) is 0 Å². The maximum atomic E-state index is 13.2. The second-order valence-corrected chi connectivity index (χ2v) is 33.1. The van der Waals surface area contributed by atoms with Gasteiger partial charge in [-0.3, -0.25) is 28.8 Å². The van der Waals surface area contributed by atoms with Gasteiger partial charge in [0.1, 0.15) is 18.3 Å². The van der Waals surface area contributed by atoms with Crippen LogP contribution in [0.25, 0.3) is 0 Å². The lowest BCUT2D eigenvalue weighted by atomic mass is 9.55. The lowest BCUT2D eigenvalue weighted by molar-refractivity contribution is -0.192. The van der Waals surface area contributed by atoms with Gasteiger partial charge in [-0.2, -0.15) is 0 Å². The van der Waals surface area contributed by atoms with Crippen molar-refractivity contribution >= 4 is 35.8 Å². The van der Waals surface area contributed by atoms with Crippen LogP contribution in [0.15, 0.2) is 0 Å². The van der Waals surface area contributed by atoms with Crippen molar-refractivity contribution in [3.8, 4) is 0 Å². The molecule has 88 heavy (non-hydrogen) atoms. The molecule has 25 atom stereocenters. The first kappa shape index (κ1) is 63.5. The molecule has 0 radical (unpaired) electrons. The van der Waals surface area contributed by atoms with E-state index in [9.17, 15) is 28.8 Å². The monoisotopic (exact) mass is 1230 g/mol. The fraction of sp³-hybridized carbons (Fsp3) is 0.918. The molecule has 16 rings (SSSR count). The maximum Gasteiger partial charge on any atom is 0.311 e. The smallest absolute Gasteiger partial charge is 0.311 e. The molecule has 16 aliphatic rings. The Morgan fingerprint density at radius 2 is 0.727 bits per heavy atom. The van der Waals surface area contributed by atoms with E-state index in [1.54, 1.807) is 0 Å². The van der Waals surface area contributed by atoms with E-state index in [1.165, 1.54) is 57.8 Å². The summed E-state index contributed by atoms with van der Waals surface area (Å²) < 4.78 is 51.2. The van der Waals surface area contributed by atoms with E-state index in [0.29, 0.717) is 120 Å². The molecule has 0 aliphatic heterocycles. The third-order valence-corrected chi connectivity index (χ3v) is 28.4. The van der Waals surface area contributed by atoms with E-state index in [4.69, 9.17) is 42.6 Å². The first-order chi connectivity index (χ1) is 42.2. The molecule has 0 amide bonds. The fourth-order valence-electron chi connectivity index (χ4n) is 24.2. The van der Waals surface area contributed by atoms with Crippen LogP contribution in [0, 0.1) is 165 Å². The van der Waals surface area contributed by atoms with Gasteiger partial charge < -0.3 is 42.6 Å². The molecule has 16 aliphatic carbocycles. The van der Waals surface area contributed by atoms with Gasteiger partial charge in [0.15, 0.2) is 20.4 Å². The quantitative estimate of drug-likeness (QED) is 0.0347. The number of esters is 6. The Balaban J connectivity index is 0.000000124. The van der Waals surface area contributed by atoms with Crippen LogP contribution in [0.1, 0.15) is 198 Å². The fourth-order valence-corrected chi connectivity index (χ4v) is 24.2. The molecule has 0 saturated heterocycles. The number of rotatable bonds is 21. The molecule has 15 heteroatoms. The van der Waals surface area contributed by atoms with Gasteiger partial charge in [-0.15, -0.1) is 0 Å². The number of hydrogen-bond donors (Lipinski definition) is 0. The molecule has 25 unspecified atom stereocenters. The third kappa shape index (κ3) is 11.3. The number of fused-ring (bicyclic) bond motifs is 27. The van der Waals surface area contributed by atoms with Crippen LogP contribution in [-0.2, 0) is 71.4 Å². The van der Waals surface area contributed by atoms with Crippen LogP contribution in [-0.4, -0.2) is 93.8 Å².